The molecule has 1 radical (unpaired) electrons. The van der Waals surface area contributed by atoms with Gasteiger partial charge < -0.3 is 31.6 Å². The molecule has 0 atom stereocenters. The van der Waals surface area contributed by atoms with Crippen LogP contribution in [0.5, 0.6) is 0 Å². The standard InChI is InChI=1S/3C4H7NO2.Fe/c3*1-3(6)2-4(5)7;/h3*2H2,1H3,(H2,5,7);/q;;;+3/p-3. The number of amides is 3. The van der Waals surface area contributed by atoms with Crippen molar-refractivity contribution in [2.75, 3.05) is 0 Å². The van der Waals surface area contributed by atoms with Gasteiger partial charge >= 0.3 is 17.1 Å². The average Bonchev–Trinajstić information content (AvgIpc) is 2.10. The first-order valence-electron chi connectivity index (χ1n) is 5.60. The Hall–Kier alpha value is -2.06. The molecule has 0 unspecified atom stereocenters. The van der Waals surface area contributed by atoms with Gasteiger partial charge in [-0.05, 0) is 20.8 Å². The van der Waals surface area contributed by atoms with Crippen LogP contribution in [0.15, 0.2) is 0 Å². The van der Waals surface area contributed by atoms with Crippen LogP contribution in [0.1, 0.15) is 40.0 Å². The van der Waals surface area contributed by atoms with E-state index in [2.05, 4.69) is 0 Å². The van der Waals surface area contributed by atoms with Crippen LogP contribution in [-0.4, -0.2) is 35.1 Å². The molecule has 10 heteroatoms. The fourth-order valence-electron chi connectivity index (χ4n) is 0.678. The van der Waals surface area contributed by atoms with E-state index in [1.807, 2.05) is 0 Å². The second kappa shape index (κ2) is 17.0. The van der Waals surface area contributed by atoms with Crippen molar-refractivity contribution in [2.45, 2.75) is 40.0 Å². The Morgan fingerprint density at radius 3 is 0.682 bits per heavy atom. The minimum Gasteiger partial charge on any atom is -0.667 e. The average molecular weight is 356 g/mol. The zero-order chi connectivity index (χ0) is 17.6. The minimum absolute atomic E-state index is 0. The largest absolute Gasteiger partial charge is 3.00 e. The Labute approximate surface area is 138 Å². The topological polar surface area (TPSA) is 174 Å². The molecule has 0 aromatic rings. The van der Waals surface area contributed by atoms with Crippen molar-refractivity contribution in [3.8, 4) is 0 Å². The molecular weight excluding hydrogens is 338 g/mol. The maximum atomic E-state index is 9.91. The minimum atomic E-state index is -0.812. The molecule has 9 nitrogen and oxygen atoms in total. The first-order chi connectivity index (χ1) is 9.38. The summed E-state index contributed by atoms with van der Waals surface area (Å²) in [6, 6.07) is 0. The molecule has 0 aliphatic rings. The first-order valence-corrected chi connectivity index (χ1v) is 5.60. The SMILES string of the molecule is CC(=O)CC([NH-])=O.CC(=O)CC([NH-])=O.CC(=O)CC([NH-])=O.[Fe+3]. The molecule has 0 aliphatic heterocycles. The van der Waals surface area contributed by atoms with Crippen LogP contribution >= 0.6 is 0 Å². The van der Waals surface area contributed by atoms with E-state index >= 15 is 0 Å². The van der Waals surface area contributed by atoms with E-state index in [1.165, 1.54) is 20.8 Å². The summed E-state index contributed by atoms with van der Waals surface area (Å²) >= 11 is 0. The van der Waals surface area contributed by atoms with E-state index < -0.39 is 17.7 Å². The molecule has 0 aliphatic carbocycles. The third kappa shape index (κ3) is 52.1. The van der Waals surface area contributed by atoms with Crippen LogP contribution < -0.4 is 0 Å². The number of rotatable bonds is 6. The molecule has 22 heavy (non-hydrogen) atoms. The van der Waals surface area contributed by atoms with Crippen LogP contribution in [0.2, 0.25) is 0 Å². The fraction of sp³-hybridized carbons (Fsp3) is 0.500. The van der Waals surface area contributed by atoms with Crippen LogP contribution in [0, 0.1) is 0 Å². The van der Waals surface area contributed by atoms with Gasteiger partial charge in [-0.15, -0.1) is 0 Å². The molecule has 0 heterocycles. The quantitative estimate of drug-likeness (QED) is 0.516. The van der Waals surface area contributed by atoms with Crippen LogP contribution in [-0.2, 0) is 45.8 Å². The van der Waals surface area contributed by atoms with E-state index in [4.69, 9.17) is 17.2 Å². The van der Waals surface area contributed by atoms with Crippen molar-refractivity contribution in [3.63, 3.8) is 0 Å². The summed E-state index contributed by atoms with van der Waals surface area (Å²) in [5.74, 6) is -3.19. The van der Waals surface area contributed by atoms with E-state index in [9.17, 15) is 28.8 Å². The Morgan fingerprint density at radius 2 is 0.682 bits per heavy atom. The predicted octanol–water partition coefficient (Wildman–Crippen LogP) is 1.63. The molecule has 0 saturated carbocycles. The van der Waals surface area contributed by atoms with Gasteiger partial charge in [-0.1, -0.05) is 0 Å². The van der Waals surface area contributed by atoms with Gasteiger partial charge in [0.15, 0.2) is 0 Å². The van der Waals surface area contributed by atoms with Crippen molar-refractivity contribution in [1.82, 2.24) is 0 Å². The van der Waals surface area contributed by atoms with Crippen molar-refractivity contribution in [3.05, 3.63) is 17.2 Å². The molecule has 0 fully saturated rings. The third-order valence-corrected chi connectivity index (χ3v) is 1.23. The second-order valence-corrected chi connectivity index (χ2v) is 3.91. The Bertz CT molecular complexity index is 325. The number of nitrogens with one attached hydrogen (secondary N) is 3. The van der Waals surface area contributed by atoms with Crippen molar-refractivity contribution in [1.29, 1.82) is 0 Å². The molecule has 0 aromatic carbocycles. The number of carbonyl (C=O) groups excluding carboxylic acids is 6. The van der Waals surface area contributed by atoms with E-state index in [0.717, 1.165) is 0 Å². The summed E-state index contributed by atoms with van der Waals surface area (Å²) in [5.41, 5.74) is 18.7. The zero-order valence-electron chi connectivity index (χ0n) is 12.4. The molecule has 0 rings (SSSR count). The van der Waals surface area contributed by atoms with Gasteiger partial charge in [0.1, 0.15) is 17.3 Å². The summed E-state index contributed by atoms with van der Waals surface area (Å²) in [7, 11) is 0. The molecule has 125 valence electrons. The van der Waals surface area contributed by atoms with Crippen molar-refractivity contribution in [2.24, 2.45) is 0 Å². The smallest absolute Gasteiger partial charge is 0.667 e. The van der Waals surface area contributed by atoms with Crippen molar-refractivity contribution < 1.29 is 45.8 Å². The van der Waals surface area contributed by atoms with Crippen LogP contribution in [0.25, 0.3) is 17.2 Å². The normalized spacial score (nSPS) is 7.77. The summed E-state index contributed by atoms with van der Waals surface area (Å²) in [6.45, 7) is 3.85. The van der Waals surface area contributed by atoms with Gasteiger partial charge in [0.25, 0.3) is 0 Å². The number of hydrogen-bond donors (Lipinski definition) is 0. The van der Waals surface area contributed by atoms with Gasteiger partial charge in [0.05, 0.1) is 17.7 Å². The van der Waals surface area contributed by atoms with Gasteiger partial charge in [-0.25, -0.2) is 0 Å². The summed E-state index contributed by atoms with van der Waals surface area (Å²) in [6.07, 6.45) is -0.750. The van der Waals surface area contributed by atoms with E-state index in [0.29, 0.717) is 0 Å². The maximum absolute atomic E-state index is 9.91. The molecule has 0 bridgehead atoms. The third-order valence-electron chi connectivity index (χ3n) is 1.23. The first kappa shape index (κ1) is 28.2. The van der Waals surface area contributed by atoms with E-state index in [-0.39, 0.29) is 53.7 Å². The van der Waals surface area contributed by atoms with Gasteiger partial charge in [-0.3, -0.25) is 14.4 Å². The zero-order valence-corrected chi connectivity index (χ0v) is 13.5. The molecule has 3 N–H and O–H groups in total. The second-order valence-electron chi connectivity index (χ2n) is 3.91. The van der Waals surface area contributed by atoms with Gasteiger partial charge in [0.2, 0.25) is 0 Å². The van der Waals surface area contributed by atoms with E-state index in [1.54, 1.807) is 0 Å². The molecule has 0 aromatic heterocycles. The molecule has 0 saturated heterocycles. The fourth-order valence-corrected chi connectivity index (χ4v) is 0.678. The van der Waals surface area contributed by atoms with Crippen LogP contribution in [0.3, 0.4) is 0 Å². The monoisotopic (exact) mass is 356 g/mol. The summed E-state index contributed by atoms with van der Waals surface area (Å²) < 4.78 is 0. The molecule has 0 spiro atoms. The number of ketones is 3. The summed E-state index contributed by atoms with van der Waals surface area (Å²) in [5, 5.41) is 0. The predicted molar refractivity (Wildman–Crippen MR) is 73.9 cm³/mol. The van der Waals surface area contributed by atoms with Crippen molar-refractivity contribution >= 4 is 35.1 Å². The number of carbonyl (C=O) groups is 6. The summed E-state index contributed by atoms with van der Waals surface area (Å²) in [4.78, 5) is 58.8. The molecule has 3 amide bonds. The molecular formula is C12H18FeN3O6. The Kier molecular flexibility index (Phi) is 21.7. The Morgan fingerprint density at radius 1 is 0.545 bits per heavy atom. The number of Topliss-reactive ketones (excluding diaryl/α,β-unsaturated/α-hetero) is 3. The van der Waals surface area contributed by atoms with Gasteiger partial charge in [-0.2, -0.15) is 0 Å². The Balaban J connectivity index is -0.000000108. The van der Waals surface area contributed by atoms with Gasteiger partial charge in [0, 0.05) is 19.3 Å². The maximum Gasteiger partial charge on any atom is 3.00 e. The van der Waals surface area contributed by atoms with Crippen LogP contribution in [0.4, 0.5) is 0 Å². The number of hydrogen-bond acceptors (Lipinski definition) is 6.